The zero-order chi connectivity index (χ0) is 12.3. The topological polar surface area (TPSA) is 49.8 Å². The lowest BCUT2D eigenvalue weighted by molar-refractivity contribution is 1.15. The highest BCUT2D eigenvalue weighted by molar-refractivity contribution is 6.36. The fourth-order valence-electron chi connectivity index (χ4n) is 1.28. The molecule has 0 atom stereocenters. The standard InChI is InChI=1S/C11H10Cl2N4/c1-14-11-15-5-4-10(17-11)16-9-3-2-7(12)6-8(9)13/h2-6H,1H3,(H2,14,15,16,17). The number of nitrogens with one attached hydrogen (secondary N) is 2. The molecule has 0 bridgehead atoms. The van der Waals surface area contributed by atoms with E-state index in [-0.39, 0.29) is 0 Å². The number of benzene rings is 1. The maximum atomic E-state index is 6.05. The highest BCUT2D eigenvalue weighted by Gasteiger charge is 2.03. The molecule has 0 aliphatic rings. The number of anilines is 3. The average Bonchev–Trinajstić information content (AvgIpc) is 2.33. The van der Waals surface area contributed by atoms with Crippen LogP contribution in [0.25, 0.3) is 0 Å². The fraction of sp³-hybridized carbons (Fsp3) is 0.0909. The second-order valence-corrected chi connectivity index (χ2v) is 4.11. The number of hydrogen-bond acceptors (Lipinski definition) is 4. The first-order valence-corrected chi connectivity index (χ1v) is 5.67. The summed E-state index contributed by atoms with van der Waals surface area (Å²) in [5.74, 6) is 1.20. The molecule has 17 heavy (non-hydrogen) atoms. The number of aromatic nitrogens is 2. The number of nitrogens with zero attached hydrogens (tertiary/aromatic N) is 2. The fourth-order valence-corrected chi connectivity index (χ4v) is 1.73. The van der Waals surface area contributed by atoms with E-state index in [1.807, 2.05) is 0 Å². The van der Waals surface area contributed by atoms with Crippen molar-refractivity contribution in [2.75, 3.05) is 17.7 Å². The first-order valence-electron chi connectivity index (χ1n) is 4.92. The van der Waals surface area contributed by atoms with Crippen molar-refractivity contribution in [3.05, 3.63) is 40.5 Å². The summed E-state index contributed by atoms with van der Waals surface area (Å²) < 4.78 is 0. The molecule has 0 spiro atoms. The van der Waals surface area contributed by atoms with Gasteiger partial charge >= 0.3 is 0 Å². The predicted octanol–water partition coefficient (Wildman–Crippen LogP) is 3.57. The average molecular weight is 269 g/mol. The van der Waals surface area contributed by atoms with Gasteiger partial charge in [-0.15, -0.1) is 0 Å². The van der Waals surface area contributed by atoms with Gasteiger partial charge in [0.2, 0.25) is 5.95 Å². The van der Waals surface area contributed by atoms with Crippen LogP contribution in [0.3, 0.4) is 0 Å². The molecule has 0 amide bonds. The van der Waals surface area contributed by atoms with E-state index in [2.05, 4.69) is 20.6 Å². The van der Waals surface area contributed by atoms with E-state index in [0.29, 0.717) is 21.8 Å². The van der Waals surface area contributed by atoms with Gasteiger partial charge in [-0.3, -0.25) is 0 Å². The van der Waals surface area contributed by atoms with Crippen molar-refractivity contribution < 1.29 is 0 Å². The Morgan fingerprint density at radius 3 is 2.71 bits per heavy atom. The number of rotatable bonds is 3. The molecule has 0 saturated heterocycles. The van der Waals surface area contributed by atoms with Crippen LogP contribution in [0, 0.1) is 0 Å². The normalized spacial score (nSPS) is 10.1. The van der Waals surface area contributed by atoms with Crippen LogP contribution in [0.4, 0.5) is 17.5 Å². The quantitative estimate of drug-likeness (QED) is 0.894. The second kappa shape index (κ2) is 5.21. The third-order valence-corrected chi connectivity index (χ3v) is 2.62. The van der Waals surface area contributed by atoms with Gasteiger partial charge in [0.05, 0.1) is 10.7 Å². The third-order valence-electron chi connectivity index (χ3n) is 2.07. The highest BCUT2D eigenvalue weighted by atomic mass is 35.5. The zero-order valence-electron chi connectivity index (χ0n) is 9.04. The Morgan fingerprint density at radius 2 is 2.00 bits per heavy atom. The van der Waals surface area contributed by atoms with E-state index in [9.17, 15) is 0 Å². The van der Waals surface area contributed by atoms with Gasteiger partial charge in [0.1, 0.15) is 5.82 Å². The van der Waals surface area contributed by atoms with E-state index >= 15 is 0 Å². The number of hydrogen-bond donors (Lipinski definition) is 2. The minimum atomic E-state index is 0.542. The molecule has 4 nitrogen and oxygen atoms in total. The maximum absolute atomic E-state index is 6.05. The van der Waals surface area contributed by atoms with Crippen molar-refractivity contribution in [2.24, 2.45) is 0 Å². The molecule has 2 N–H and O–H groups in total. The molecule has 2 rings (SSSR count). The zero-order valence-corrected chi connectivity index (χ0v) is 10.5. The van der Waals surface area contributed by atoms with Gasteiger partial charge in [0, 0.05) is 18.3 Å². The Bertz CT molecular complexity index is 531. The van der Waals surface area contributed by atoms with Crippen molar-refractivity contribution in [1.29, 1.82) is 0 Å². The van der Waals surface area contributed by atoms with Gasteiger partial charge in [0.25, 0.3) is 0 Å². The van der Waals surface area contributed by atoms with Crippen molar-refractivity contribution in [3.63, 3.8) is 0 Å². The van der Waals surface area contributed by atoms with Crippen LogP contribution in [0.1, 0.15) is 0 Å². The lowest BCUT2D eigenvalue weighted by Gasteiger charge is -2.08. The monoisotopic (exact) mass is 268 g/mol. The van der Waals surface area contributed by atoms with Crippen LogP contribution in [0.5, 0.6) is 0 Å². The summed E-state index contributed by atoms with van der Waals surface area (Å²) in [4.78, 5) is 8.24. The van der Waals surface area contributed by atoms with Crippen molar-refractivity contribution in [1.82, 2.24) is 9.97 Å². The molecular formula is C11H10Cl2N4. The Morgan fingerprint density at radius 1 is 1.18 bits per heavy atom. The molecule has 6 heteroatoms. The van der Waals surface area contributed by atoms with E-state index < -0.39 is 0 Å². The van der Waals surface area contributed by atoms with Crippen LogP contribution in [0.15, 0.2) is 30.5 Å². The minimum absolute atomic E-state index is 0.542. The van der Waals surface area contributed by atoms with E-state index in [4.69, 9.17) is 23.2 Å². The molecule has 0 fully saturated rings. The van der Waals surface area contributed by atoms with Gasteiger partial charge < -0.3 is 10.6 Å². The lowest BCUT2D eigenvalue weighted by atomic mass is 10.3. The lowest BCUT2D eigenvalue weighted by Crippen LogP contribution is -1.99. The molecule has 0 radical (unpaired) electrons. The molecule has 88 valence electrons. The van der Waals surface area contributed by atoms with Crippen molar-refractivity contribution >= 4 is 40.7 Å². The van der Waals surface area contributed by atoms with E-state index in [1.54, 1.807) is 37.5 Å². The smallest absolute Gasteiger partial charge is 0.224 e. The molecular weight excluding hydrogens is 259 g/mol. The van der Waals surface area contributed by atoms with Crippen LogP contribution >= 0.6 is 23.2 Å². The Balaban J connectivity index is 2.25. The van der Waals surface area contributed by atoms with Gasteiger partial charge in [-0.2, -0.15) is 4.98 Å². The molecule has 1 heterocycles. The largest absolute Gasteiger partial charge is 0.357 e. The van der Waals surface area contributed by atoms with Crippen LogP contribution in [-0.2, 0) is 0 Å². The second-order valence-electron chi connectivity index (χ2n) is 3.26. The summed E-state index contributed by atoms with van der Waals surface area (Å²) in [5.41, 5.74) is 0.747. The molecule has 0 saturated carbocycles. The first-order chi connectivity index (χ1) is 8.19. The van der Waals surface area contributed by atoms with Gasteiger partial charge in [-0.25, -0.2) is 4.98 Å². The highest BCUT2D eigenvalue weighted by Crippen LogP contribution is 2.27. The molecule has 0 aliphatic carbocycles. The summed E-state index contributed by atoms with van der Waals surface area (Å²) >= 11 is 11.9. The van der Waals surface area contributed by atoms with Gasteiger partial charge in [-0.05, 0) is 24.3 Å². The predicted molar refractivity (Wildman–Crippen MR) is 71.3 cm³/mol. The summed E-state index contributed by atoms with van der Waals surface area (Å²) in [7, 11) is 1.76. The molecule has 1 aromatic carbocycles. The van der Waals surface area contributed by atoms with Crippen molar-refractivity contribution in [3.8, 4) is 0 Å². The maximum Gasteiger partial charge on any atom is 0.224 e. The van der Waals surface area contributed by atoms with Gasteiger partial charge in [0.15, 0.2) is 0 Å². The SMILES string of the molecule is CNc1nccc(Nc2ccc(Cl)cc2Cl)n1. The summed E-state index contributed by atoms with van der Waals surface area (Å²) in [6, 6.07) is 6.99. The molecule has 1 aromatic heterocycles. The first kappa shape index (κ1) is 12.0. The number of halogens is 2. The molecule has 2 aromatic rings. The third kappa shape index (κ3) is 2.99. The summed E-state index contributed by atoms with van der Waals surface area (Å²) in [6.07, 6.45) is 1.66. The Hall–Kier alpha value is -1.52. The summed E-state index contributed by atoms with van der Waals surface area (Å²) in [5, 5.41) is 7.09. The van der Waals surface area contributed by atoms with Crippen LogP contribution in [0.2, 0.25) is 10.0 Å². The van der Waals surface area contributed by atoms with Crippen LogP contribution < -0.4 is 10.6 Å². The van der Waals surface area contributed by atoms with Gasteiger partial charge in [-0.1, -0.05) is 23.2 Å². The Kier molecular flexibility index (Phi) is 3.66. The van der Waals surface area contributed by atoms with E-state index in [1.165, 1.54) is 0 Å². The summed E-state index contributed by atoms with van der Waals surface area (Å²) in [6.45, 7) is 0. The van der Waals surface area contributed by atoms with E-state index in [0.717, 1.165) is 5.69 Å². The minimum Gasteiger partial charge on any atom is -0.357 e. The van der Waals surface area contributed by atoms with Crippen LogP contribution in [-0.4, -0.2) is 17.0 Å². The molecule has 0 unspecified atom stereocenters. The molecule has 0 aliphatic heterocycles. The van der Waals surface area contributed by atoms with Crippen molar-refractivity contribution in [2.45, 2.75) is 0 Å². The Labute approximate surface area is 109 Å².